The number of hydrogen-bond donors (Lipinski definition) is 0. The van der Waals surface area contributed by atoms with Crippen LogP contribution < -0.4 is 5.56 Å². The lowest BCUT2D eigenvalue weighted by Crippen LogP contribution is -2.29. The molecule has 0 radical (unpaired) electrons. The zero-order valence-electron chi connectivity index (χ0n) is 13.8. The Kier molecular flexibility index (Phi) is 3.90. The molecular formula is C18H21N5O. The highest BCUT2D eigenvalue weighted by molar-refractivity contribution is 5.45. The predicted octanol–water partition coefficient (Wildman–Crippen LogP) is 1.91. The van der Waals surface area contributed by atoms with Crippen LogP contribution in [-0.2, 0) is 6.42 Å². The van der Waals surface area contributed by atoms with Crippen LogP contribution in [0.2, 0.25) is 0 Å². The average molecular weight is 323 g/mol. The van der Waals surface area contributed by atoms with E-state index in [1.54, 1.807) is 12.3 Å². The molecule has 3 aromatic rings. The van der Waals surface area contributed by atoms with Gasteiger partial charge in [-0.1, -0.05) is 0 Å². The third-order valence-corrected chi connectivity index (χ3v) is 4.79. The van der Waals surface area contributed by atoms with Crippen LogP contribution >= 0.6 is 0 Å². The Morgan fingerprint density at radius 3 is 2.96 bits per heavy atom. The van der Waals surface area contributed by atoms with E-state index in [0.717, 1.165) is 30.0 Å². The molecular weight excluding hydrogens is 302 g/mol. The summed E-state index contributed by atoms with van der Waals surface area (Å²) < 4.78 is 3.37. The fourth-order valence-corrected chi connectivity index (χ4v) is 3.41. The van der Waals surface area contributed by atoms with Crippen LogP contribution in [0, 0.1) is 0 Å². The van der Waals surface area contributed by atoms with Crippen molar-refractivity contribution in [2.24, 2.45) is 0 Å². The summed E-state index contributed by atoms with van der Waals surface area (Å²) in [5, 5.41) is 4.12. The van der Waals surface area contributed by atoms with E-state index in [1.165, 1.54) is 30.1 Å². The maximum Gasteiger partial charge on any atom is 0.271 e. The van der Waals surface area contributed by atoms with E-state index in [-0.39, 0.29) is 5.56 Å². The molecule has 0 aromatic carbocycles. The molecule has 6 heteroatoms. The normalized spacial score (nSPS) is 18.5. The van der Waals surface area contributed by atoms with E-state index >= 15 is 0 Å². The van der Waals surface area contributed by atoms with Gasteiger partial charge in [-0.15, -0.1) is 0 Å². The van der Waals surface area contributed by atoms with Gasteiger partial charge in [0, 0.05) is 43.7 Å². The second-order valence-electron chi connectivity index (χ2n) is 6.44. The molecule has 0 saturated carbocycles. The number of rotatable bonds is 4. The molecule has 0 aliphatic carbocycles. The van der Waals surface area contributed by atoms with Gasteiger partial charge in [-0.3, -0.25) is 4.79 Å². The van der Waals surface area contributed by atoms with Crippen molar-refractivity contribution in [3.63, 3.8) is 0 Å². The van der Waals surface area contributed by atoms with Crippen LogP contribution in [0.25, 0.3) is 11.3 Å². The SMILES string of the molecule is CC1CCCN1CCc1cn2cc(-n3ncccc3=O)ccc2n1. The van der Waals surface area contributed by atoms with Crippen molar-refractivity contribution in [1.82, 2.24) is 24.1 Å². The predicted molar refractivity (Wildman–Crippen MR) is 92.6 cm³/mol. The third-order valence-electron chi connectivity index (χ3n) is 4.79. The Bertz CT molecular complexity index is 913. The Morgan fingerprint density at radius 2 is 2.17 bits per heavy atom. The number of pyridine rings is 1. The van der Waals surface area contributed by atoms with Crippen molar-refractivity contribution >= 4 is 5.65 Å². The lowest BCUT2D eigenvalue weighted by molar-refractivity contribution is 0.271. The Balaban J connectivity index is 1.57. The van der Waals surface area contributed by atoms with Crippen molar-refractivity contribution in [2.75, 3.05) is 13.1 Å². The van der Waals surface area contributed by atoms with Crippen LogP contribution in [0.4, 0.5) is 0 Å². The second-order valence-corrected chi connectivity index (χ2v) is 6.44. The first-order valence-electron chi connectivity index (χ1n) is 8.47. The fraction of sp³-hybridized carbons (Fsp3) is 0.389. The average Bonchev–Trinajstić information content (AvgIpc) is 3.18. The minimum atomic E-state index is -0.139. The highest BCUT2D eigenvalue weighted by Crippen LogP contribution is 2.17. The van der Waals surface area contributed by atoms with E-state index in [9.17, 15) is 4.79 Å². The highest BCUT2D eigenvalue weighted by Gasteiger charge is 2.19. The topological polar surface area (TPSA) is 55.4 Å². The molecule has 0 amide bonds. The lowest BCUT2D eigenvalue weighted by atomic mass is 10.2. The molecule has 0 N–H and O–H groups in total. The molecule has 3 aromatic heterocycles. The van der Waals surface area contributed by atoms with E-state index < -0.39 is 0 Å². The molecule has 1 unspecified atom stereocenters. The molecule has 1 fully saturated rings. The van der Waals surface area contributed by atoms with Crippen LogP contribution in [0.15, 0.2) is 47.7 Å². The summed E-state index contributed by atoms with van der Waals surface area (Å²) in [5.74, 6) is 0. The Morgan fingerprint density at radius 1 is 1.25 bits per heavy atom. The van der Waals surface area contributed by atoms with Gasteiger partial charge in [-0.2, -0.15) is 9.78 Å². The second kappa shape index (κ2) is 6.20. The molecule has 4 heterocycles. The maximum absolute atomic E-state index is 11.9. The van der Waals surface area contributed by atoms with Crippen LogP contribution in [0.3, 0.4) is 0 Å². The summed E-state index contributed by atoms with van der Waals surface area (Å²) >= 11 is 0. The molecule has 4 rings (SSSR count). The molecule has 1 saturated heterocycles. The molecule has 1 aliphatic rings. The van der Waals surface area contributed by atoms with Crippen molar-refractivity contribution in [3.8, 4) is 5.69 Å². The van der Waals surface area contributed by atoms with Gasteiger partial charge >= 0.3 is 0 Å². The van der Waals surface area contributed by atoms with Gasteiger partial charge in [-0.25, -0.2) is 4.98 Å². The van der Waals surface area contributed by atoms with Gasteiger partial charge in [0.2, 0.25) is 0 Å². The minimum Gasteiger partial charge on any atom is -0.305 e. The number of likely N-dealkylation sites (tertiary alicyclic amines) is 1. The molecule has 1 atom stereocenters. The molecule has 0 spiro atoms. The lowest BCUT2D eigenvalue weighted by Gasteiger charge is -2.19. The van der Waals surface area contributed by atoms with Crippen LogP contribution in [-0.4, -0.2) is 43.2 Å². The summed E-state index contributed by atoms with van der Waals surface area (Å²) in [7, 11) is 0. The number of hydrogen-bond acceptors (Lipinski definition) is 4. The first kappa shape index (κ1) is 15.1. The summed E-state index contributed by atoms with van der Waals surface area (Å²) in [4.78, 5) is 19.1. The first-order chi connectivity index (χ1) is 11.7. The number of nitrogens with zero attached hydrogens (tertiary/aromatic N) is 5. The quantitative estimate of drug-likeness (QED) is 0.736. The van der Waals surface area contributed by atoms with Crippen molar-refractivity contribution in [1.29, 1.82) is 0 Å². The Labute approximate surface area is 140 Å². The van der Waals surface area contributed by atoms with E-state index in [1.807, 2.05) is 28.9 Å². The standard InChI is InChI=1S/C18H21N5O/c1-14-4-3-10-21(14)11-8-15-12-22-13-16(6-7-17(22)20-15)23-18(24)5-2-9-19-23/h2,5-7,9,12-14H,3-4,8,10-11H2,1H3. The van der Waals surface area contributed by atoms with Crippen LogP contribution in [0.5, 0.6) is 0 Å². The highest BCUT2D eigenvalue weighted by atomic mass is 16.1. The number of aromatic nitrogens is 4. The zero-order chi connectivity index (χ0) is 16.5. The summed E-state index contributed by atoms with van der Waals surface area (Å²) in [6.07, 6.45) is 9.11. The summed E-state index contributed by atoms with van der Waals surface area (Å²) in [6, 6.07) is 7.64. The third kappa shape index (κ3) is 2.85. The van der Waals surface area contributed by atoms with Crippen molar-refractivity contribution < 1.29 is 0 Å². The smallest absolute Gasteiger partial charge is 0.271 e. The van der Waals surface area contributed by atoms with E-state index in [2.05, 4.69) is 21.9 Å². The first-order valence-corrected chi connectivity index (χ1v) is 8.47. The summed E-state index contributed by atoms with van der Waals surface area (Å²) in [5.41, 5.74) is 2.58. The molecule has 124 valence electrons. The maximum atomic E-state index is 11.9. The number of imidazole rings is 1. The monoisotopic (exact) mass is 323 g/mol. The largest absolute Gasteiger partial charge is 0.305 e. The van der Waals surface area contributed by atoms with E-state index in [0.29, 0.717) is 6.04 Å². The molecule has 0 bridgehead atoms. The number of fused-ring (bicyclic) bond motifs is 1. The van der Waals surface area contributed by atoms with Gasteiger partial charge in [0.1, 0.15) is 5.65 Å². The van der Waals surface area contributed by atoms with Crippen LogP contribution in [0.1, 0.15) is 25.5 Å². The summed E-state index contributed by atoms with van der Waals surface area (Å²) in [6.45, 7) is 4.55. The Hall–Kier alpha value is -2.47. The fourth-order valence-electron chi connectivity index (χ4n) is 3.41. The molecule has 6 nitrogen and oxygen atoms in total. The van der Waals surface area contributed by atoms with Crippen molar-refractivity contribution in [2.45, 2.75) is 32.2 Å². The van der Waals surface area contributed by atoms with Gasteiger partial charge in [-0.05, 0) is 44.5 Å². The zero-order valence-corrected chi connectivity index (χ0v) is 13.8. The van der Waals surface area contributed by atoms with E-state index in [4.69, 9.17) is 0 Å². The minimum absolute atomic E-state index is 0.139. The van der Waals surface area contributed by atoms with Gasteiger partial charge in [0.05, 0.1) is 11.4 Å². The van der Waals surface area contributed by atoms with Crippen molar-refractivity contribution in [3.05, 3.63) is 58.9 Å². The van der Waals surface area contributed by atoms with Gasteiger partial charge in [0.15, 0.2) is 0 Å². The molecule has 24 heavy (non-hydrogen) atoms. The molecule has 1 aliphatic heterocycles. The van der Waals surface area contributed by atoms with Gasteiger partial charge < -0.3 is 9.30 Å². The van der Waals surface area contributed by atoms with Gasteiger partial charge in [0.25, 0.3) is 5.56 Å².